The third-order valence-corrected chi connectivity index (χ3v) is 4.60. The third-order valence-electron chi connectivity index (χ3n) is 4.60. The maximum absolute atomic E-state index is 11.5. The molecule has 0 bridgehead atoms. The van der Waals surface area contributed by atoms with Gasteiger partial charge in [0.25, 0.3) is 0 Å². The lowest BCUT2D eigenvalue weighted by Crippen LogP contribution is -2.48. The number of hydrogen-bond donors (Lipinski definition) is 0. The number of carbonyl (C=O) groups excluding carboxylic acids is 1. The first-order valence-corrected chi connectivity index (χ1v) is 8.52. The van der Waals surface area contributed by atoms with Gasteiger partial charge in [-0.1, -0.05) is 0 Å². The number of furan rings is 1. The van der Waals surface area contributed by atoms with Crippen LogP contribution in [0.25, 0.3) is 22.8 Å². The molecule has 1 fully saturated rings. The Kier molecular flexibility index (Phi) is 4.16. The molecule has 0 saturated carbocycles. The topological polar surface area (TPSA) is 80.3 Å². The zero-order valence-electron chi connectivity index (χ0n) is 14.8. The third kappa shape index (κ3) is 2.94. The van der Waals surface area contributed by atoms with Crippen molar-refractivity contribution in [1.29, 1.82) is 0 Å². The lowest BCUT2D eigenvalue weighted by Gasteiger charge is -2.34. The Morgan fingerprint density at radius 1 is 1.19 bits per heavy atom. The fourth-order valence-corrected chi connectivity index (χ4v) is 3.14. The molecule has 3 aromatic rings. The molecule has 1 aliphatic heterocycles. The van der Waals surface area contributed by atoms with Crippen LogP contribution in [0.4, 0.5) is 5.95 Å². The predicted molar refractivity (Wildman–Crippen MR) is 96.4 cm³/mol. The molecule has 1 aliphatic rings. The summed E-state index contributed by atoms with van der Waals surface area (Å²) in [5.74, 6) is 2.20. The van der Waals surface area contributed by atoms with Gasteiger partial charge in [0, 0.05) is 58.7 Å². The molecule has 0 N–H and O–H groups in total. The van der Waals surface area contributed by atoms with Crippen LogP contribution in [-0.4, -0.2) is 56.5 Å². The van der Waals surface area contributed by atoms with Crippen molar-refractivity contribution in [2.75, 3.05) is 31.1 Å². The van der Waals surface area contributed by atoms with Gasteiger partial charge in [-0.15, -0.1) is 0 Å². The lowest BCUT2D eigenvalue weighted by molar-refractivity contribution is -0.129. The fraction of sp³-hybridized carbons (Fsp3) is 0.333. The van der Waals surface area contributed by atoms with E-state index in [4.69, 9.17) is 9.40 Å². The van der Waals surface area contributed by atoms with Crippen molar-refractivity contribution in [1.82, 2.24) is 24.4 Å². The van der Waals surface area contributed by atoms with Gasteiger partial charge in [0.2, 0.25) is 11.9 Å². The largest absolute Gasteiger partial charge is 0.463 e. The second-order valence-electron chi connectivity index (χ2n) is 6.26. The molecule has 3 aromatic heterocycles. The van der Waals surface area contributed by atoms with Crippen molar-refractivity contribution in [3.8, 4) is 22.8 Å². The molecule has 0 unspecified atom stereocenters. The maximum atomic E-state index is 11.5. The Morgan fingerprint density at radius 2 is 2.00 bits per heavy atom. The van der Waals surface area contributed by atoms with Gasteiger partial charge in [-0.3, -0.25) is 4.79 Å². The van der Waals surface area contributed by atoms with E-state index in [1.54, 1.807) is 25.6 Å². The van der Waals surface area contributed by atoms with Crippen LogP contribution < -0.4 is 4.90 Å². The van der Waals surface area contributed by atoms with Crippen LogP contribution in [0.1, 0.15) is 6.92 Å². The molecule has 4 rings (SSSR count). The SMILES string of the molecule is CC(=O)N1CCN(c2ncc(-c3nccn3C)c(-c3ccco3)n2)CC1. The standard InChI is InChI=1S/C18H20N6O2/c1-13(25)23-7-9-24(10-8-23)18-20-12-14(17-19-5-6-22(17)2)16(21-18)15-4-3-11-26-15/h3-6,11-12H,7-10H2,1-2H3. The predicted octanol–water partition coefficient (Wildman–Crippen LogP) is 1.81. The highest BCUT2D eigenvalue weighted by molar-refractivity contribution is 5.75. The van der Waals surface area contributed by atoms with Crippen molar-refractivity contribution in [3.05, 3.63) is 37.0 Å². The summed E-state index contributed by atoms with van der Waals surface area (Å²) in [6, 6.07) is 3.72. The van der Waals surface area contributed by atoms with Crippen LogP contribution >= 0.6 is 0 Å². The summed E-state index contributed by atoms with van der Waals surface area (Å²) in [5, 5.41) is 0. The fourth-order valence-electron chi connectivity index (χ4n) is 3.14. The number of nitrogens with zero attached hydrogens (tertiary/aromatic N) is 6. The summed E-state index contributed by atoms with van der Waals surface area (Å²) in [7, 11) is 1.93. The van der Waals surface area contributed by atoms with E-state index in [0.29, 0.717) is 43.6 Å². The average Bonchev–Trinajstić information content (AvgIpc) is 3.33. The van der Waals surface area contributed by atoms with Crippen molar-refractivity contribution < 1.29 is 9.21 Å². The molecule has 0 aromatic carbocycles. The van der Waals surface area contributed by atoms with Crippen LogP contribution in [0.5, 0.6) is 0 Å². The van der Waals surface area contributed by atoms with Crippen LogP contribution in [0.2, 0.25) is 0 Å². The molecule has 26 heavy (non-hydrogen) atoms. The monoisotopic (exact) mass is 352 g/mol. The van der Waals surface area contributed by atoms with Crippen molar-refractivity contribution in [2.24, 2.45) is 7.05 Å². The molecule has 1 amide bonds. The van der Waals surface area contributed by atoms with E-state index < -0.39 is 0 Å². The molecular formula is C18H20N6O2. The number of aromatic nitrogens is 4. The van der Waals surface area contributed by atoms with E-state index in [1.165, 1.54) is 0 Å². The van der Waals surface area contributed by atoms with E-state index in [0.717, 1.165) is 11.4 Å². The summed E-state index contributed by atoms with van der Waals surface area (Å²) in [6.07, 6.45) is 7.05. The molecular weight excluding hydrogens is 332 g/mol. The van der Waals surface area contributed by atoms with Crippen molar-refractivity contribution in [3.63, 3.8) is 0 Å². The second kappa shape index (κ2) is 6.62. The first kappa shape index (κ1) is 16.3. The lowest BCUT2D eigenvalue weighted by atomic mass is 10.1. The maximum Gasteiger partial charge on any atom is 0.226 e. The normalized spacial score (nSPS) is 14.7. The number of piperazine rings is 1. The highest BCUT2D eigenvalue weighted by atomic mass is 16.3. The first-order chi connectivity index (χ1) is 12.6. The van der Waals surface area contributed by atoms with Gasteiger partial charge in [-0.25, -0.2) is 15.0 Å². The number of hydrogen-bond acceptors (Lipinski definition) is 6. The number of amides is 1. The van der Waals surface area contributed by atoms with Gasteiger partial charge in [0.15, 0.2) is 5.76 Å². The minimum absolute atomic E-state index is 0.104. The summed E-state index contributed by atoms with van der Waals surface area (Å²) in [6.45, 7) is 4.37. The number of carbonyl (C=O) groups is 1. The highest BCUT2D eigenvalue weighted by Gasteiger charge is 2.23. The molecule has 8 heteroatoms. The van der Waals surface area contributed by atoms with E-state index in [2.05, 4.69) is 14.9 Å². The Morgan fingerprint density at radius 3 is 2.62 bits per heavy atom. The molecule has 0 radical (unpaired) electrons. The van der Waals surface area contributed by atoms with Crippen molar-refractivity contribution >= 4 is 11.9 Å². The van der Waals surface area contributed by atoms with Crippen LogP contribution in [-0.2, 0) is 11.8 Å². The smallest absolute Gasteiger partial charge is 0.226 e. The van der Waals surface area contributed by atoms with Gasteiger partial charge >= 0.3 is 0 Å². The zero-order valence-corrected chi connectivity index (χ0v) is 14.8. The average molecular weight is 352 g/mol. The number of anilines is 1. The Balaban J connectivity index is 1.70. The minimum Gasteiger partial charge on any atom is -0.463 e. The number of rotatable bonds is 3. The van der Waals surface area contributed by atoms with E-state index >= 15 is 0 Å². The summed E-state index contributed by atoms with van der Waals surface area (Å²) < 4.78 is 7.52. The van der Waals surface area contributed by atoms with Gasteiger partial charge in [0.1, 0.15) is 11.5 Å². The molecule has 4 heterocycles. The van der Waals surface area contributed by atoms with Gasteiger partial charge in [-0.2, -0.15) is 0 Å². The van der Waals surface area contributed by atoms with E-state index in [1.807, 2.05) is 34.8 Å². The minimum atomic E-state index is 0.104. The number of imidazole rings is 1. The quantitative estimate of drug-likeness (QED) is 0.715. The van der Waals surface area contributed by atoms with Crippen molar-refractivity contribution in [2.45, 2.75) is 6.92 Å². The zero-order chi connectivity index (χ0) is 18.1. The van der Waals surface area contributed by atoms with E-state index in [9.17, 15) is 4.79 Å². The highest BCUT2D eigenvalue weighted by Crippen LogP contribution is 2.30. The molecule has 1 saturated heterocycles. The van der Waals surface area contributed by atoms with Crippen LogP contribution in [0, 0.1) is 0 Å². The van der Waals surface area contributed by atoms with Crippen LogP contribution in [0.3, 0.4) is 0 Å². The summed E-state index contributed by atoms with van der Waals surface area (Å²) in [5.41, 5.74) is 1.53. The molecule has 8 nitrogen and oxygen atoms in total. The first-order valence-electron chi connectivity index (χ1n) is 8.52. The summed E-state index contributed by atoms with van der Waals surface area (Å²) in [4.78, 5) is 29.2. The Bertz CT molecular complexity index is 910. The van der Waals surface area contributed by atoms with Gasteiger partial charge < -0.3 is 18.8 Å². The Labute approximate surface area is 151 Å². The van der Waals surface area contributed by atoms with Gasteiger partial charge in [0.05, 0.1) is 11.8 Å². The van der Waals surface area contributed by atoms with Crippen LogP contribution in [0.15, 0.2) is 41.4 Å². The summed E-state index contributed by atoms with van der Waals surface area (Å²) >= 11 is 0. The number of aryl methyl sites for hydroxylation is 1. The molecule has 134 valence electrons. The molecule has 0 aliphatic carbocycles. The Hall–Kier alpha value is -3.16. The second-order valence-corrected chi connectivity index (χ2v) is 6.26. The van der Waals surface area contributed by atoms with E-state index in [-0.39, 0.29) is 5.91 Å². The molecule has 0 atom stereocenters. The van der Waals surface area contributed by atoms with Gasteiger partial charge in [-0.05, 0) is 12.1 Å². The molecule has 0 spiro atoms.